The summed E-state index contributed by atoms with van der Waals surface area (Å²) in [6, 6.07) is 12.2. The topological polar surface area (TPSA) is 20.3 Å². The molecule has 0 saturated carbocycles. The molecule has 1 aliphatic rings. The largest absolute Gasteiger partial charge is 0.304 e. The van der Waals surface area contributed by atoms with Gasteiger partial charge in [-0.15, -0.1) is 11.3 Å². The molecular weight excluding hydrogens is 230 g/mol. The van der Waals surface area contributed by atoms with E-state index in [1.165, 1.54) is 16.9 Å². The van der Waals surface area contributed by atoms with Gasteiger partial charge in [0, 0.05) is 11.7 Å². The van der Waals surface area contributed by atoms with E-state index in [1.54, 1.807) is 0 Å². The van der Waals surface area contributed by atoms with Crippen LogP contribution in [-0.2, 0) is 6.42 Å². The zero-order valence-electron chi connectivity index (χ0n) is 9.59. The van der Waals surface area contributed by atoms with Gasteiger partial charge < -0.3 is 4.90 Å². The number of carbonyl (C=O) groups is 1. The summed E-state index contributed by atoms with van der Waals surface area (Å²) in [5, 5.41) is 1.94. The number of para-hydroxylation sites is 1. The number of anilines is 1. The number of benzene rings is 1. The first kappa shape index (κ1) is 10.5. The predicted molar refractivity (Wildman–Crippen MR) is 70.7 cm³/mol. The summed E-state index contributed by atoms with van der Waals surface area (Å²) in [7, 11) is 0. The molecule has 0 N–H and O–H groups in total. The van der Waals surface area contributed by atoms with Crippen LogP contribution < -0.4 is 4.90 Å². The lowest BCUT2D eigenvalue weighted by Gasteiger charge is -2.21. The van der Waals surface area contributed by atoms with Gasteiger partial charge in [0.1, 0.15) is 0 Å². The molecule has 0 bridgehead atoms. The molecule has 3 heteroatoms. The van der Waals surface area contributed by atoms with Gasteiger partial charge in [0.2, 0.25) is 0 Å². The zero-order chi connectivity index (χ0) is 11.8. The van der Waals surface area contributed by atoms with Crippen LogP contribution in [0.3, 0.4) is 0 Å². The number of thiophene rings is 1. The maximum Gasteiger partial charge on any atom is 0.268 e. The number of nitrogens with zero attached hydrogens (tertiary/aromatic N) is 1. The molecule has 1 aliphatic heterocycles. The highest BCUT2D eigenvalue weighted by atomic mass is 32.1. The summed E-state index contributed by atoms with van der Waals surface area (Å²) >= 11 is 1.50. The fourth-order valence-corrected chi connectivity index (χ4v) is 3.05. The third-order valence-corrected chi connectivity index (χ3v) is 4.02. The molecule has 2 aromatic rings. The minimum atomic E-state index is 0.123. The fraction of sp³-hybridized carbons (Fsp3) is 0.214. The van der Waals surface area contributed by atoms with Crippen molar-refractivity contribution in [3.05, 3.63) is 52.2 Å². The minimum Gasteiger partial charge on any atom is -0.304 e. The molecule has 0 radical (unpaired) electrons. The highest BCUT2D eigenvalue weighted by molar-refractivity contribution is 7.12. The Kier molecular flexibility index (Phi) is 2.48. The maximum absolute atomic E-state index is 12.4. The van der Waals surface area contributed by atoms with E-state index in [0.29, 0.717) is 0 Å². The van der Waals surface area contributed by atoms with Crippen molar-refractivity contribution < 1.29 is 4.79 Å². The Bertz CT molecular complexity index is 547. The number of hydrogen-bond acceptors (Lipinski definition) is 2. The molecule has 86 valence electrons. The number of hydrogen-bond donors (Lipinski definition) is 0. The monoisotopic (exact) mass is 243 g/mol. The van der Waals surface area contributed by atoms with Gasteiger partial charge in [0.05, 0.1) is 4.88 Å². The van der Waals surface area contributed by atoms with Gasteiger partial charge in [-0.2, -0.15) is 0 Å². The van der Waals surface area contributed by atoms with E-state index in [4.69, 9.17) is 0 Å². The molecule has 0 spiro atoms. The zero-order valence-corrected chi connectivity index (χ0v) is 10.4. The average Bonchev–Trinajstić information content (AvgIpc) is 2.94. The Morgan fingerprint density at radius 1 is 1.29 bits per heavy atom. The molecule has 0 aliphatic carbocycles. The first-order valence-corrected chi connectivity index (χ1v) is 6.60. The summed E-state index contributed by atoms with van der Waals surface area (Å²) in [5.41, 5.74) is 2.34. The molecule has 2 nitrogen and oxygen atoms in total. The number of fused-ring (bicyclic) bond motifs is 1. The molecule has 17 heavy (non-hydrogen) atoms. The van der Waals surface area contributed by atoms with Crippen molar-refractivity contribution in [2.45, 2.75) is 19.4 Å². The van der Waals surface area contributed by atoms with Crippen molar-refractivity contribution in [2.24, 2.45) is 0 Å². The van der Waals surface area contributed by atoms with Crippen molar-refractivity contribution in [1.29, 1.82) is 0 Å². The summed E-state index contributed by atoms with van der Waals surface area (Å²) in [4.78, 5) is 15.1. The van der Waals surface area contributed by atoms with E-state index >= 15 is 0 Å². The van der Waals surface area contributed by atoms with Gasteiger partial charge in [0.15, 0.2) is 0 Å². The molecule has 3 rings (SSSR count). The third kappa shape index (κ3) is 1.67. The number of carbonyl (C=O) groups excluding carboxylic acids is 1. The third-order valence-electron chi connectivity index (χ3n) is 3.16. The second-order valence-electron chi connectivity index (χ2n) is 4.33. The molecular formula is C14H13NOS. The van der Waals surface area contributed by atoms with Crippen molar-refractivity contribution in [3.63, 3.8) is 0 Å². The van der Waals surface area contributed by atoms with E-state index in [9.17, 15) is 4.79 Å². The number of amides is 1. The van der Waals surface area contributed by atoms with Gasteiger partial charge >= 0.3 is 0 Å². The van der Waals surface area contributed by atoms with E-state index in [0.717, 1.165) is 17.0 Å². The van der Waals surface area contributed by atoms with Crippen LogP contribution in [-0.4, -0.2) is 11.9 Å². The van der Waals surface area contributed by atoms with E-state index in [1.807, 2.05) is 40.6 Å². The maximum atomic E-state index is 12.4. The van der Waals surface area contributed by atoms with E-state index < -0.39 is 0 Å². The van der Waals surface area contributed by atoms with Crippen LogP contribution in [0.15, 0.2) is 41.8 Å². The Hall–Kier alpha value is -1.61. The SMILES string of the molecule is CC1Cc2ccccc2N1C(=O)c1cccs1. The van der Waals surface area contributed by atoms with E-state index in [-0.39, 0.29) is 11.9 Å². The van der Waals surface area contributed by atoms with Crippen molar-refractivity contribution in [2.75, 3.05) is 4.90 Å². The van der Waals surface area contributed by atoms with Gasteiger partial charge in [-0.05, 0) is 36.4 Å². The van der Waals surface area contributed by atoms with Crippen LogP contribution in [0.2, 0.25) is 0 Å². The minimum absolute atomic E-state index is 0.123. The second kappa shape index (κ2) is 4.00. The standard InChI is InChI=1S/C14H13NOS/c1-10-9-11-5-2-3-6-12(11)15(10)14(16)13-7-4-8-17-13/h2-8,10H,9H2,1H3. The summed E-state index contributed by atoms with van der Waals surface area (Å²) in [5.74, 6) is 0.123. The lowest BCUT2D eigenvalue weighted by atomic mass is 10.1. The van der Waals surface area contributed by atoms with E-state index in [2.05, 4.69) is 13.0 Å². The molecule has 1 unspecified atom stereocenters. The molecule has 1 aromatic heterocycles. The molecule has 0 saturated heterocycles. The van der Waals surface area contributed by atoms with Crippen LogP contribution in [0.1, 0.15) is 22.2 Å². The molecule has 1 amide bonds. The summed E-state index contributed by atoms with van der Waals surface area (Å²) in [6.45, 7) is 2.10. The molecule has 1 aromatic carbocycles. The van der Waals surface area contributed by atoms with Gasteiger partial charge in [-0.1, -0.05) is 24.3 Å². The predicted octanol–water partition coefficient (Wildman–Crippen LogP) is 3.34. The van der Waals surface area contributed by atoms with Crippen LogP contribution in [0.4, 0.5) is 5.69 Å². The van der Waals surface area contributed by atoms with Crippen molar-refractivity contribution in [3.8, 4) is 0 Å². The first-order chi connectivity index (χ1) is 8.27. The first-order valence-electron chi connectivity index (χ1n) is 5.72. The van der Waals surface area contributed by atoms with Crippen LogP contribution >= 0.6 is 11.3 Å². The second-order valence-corrected chi connectivity index (χ2v) is 5.28. The molecule has 0 fully saturated rings. The number of rotatable bonds is 1. The van der Waals surface area contributed by atoms with Crippen LogP contribution in [0.5, 0.6) is 0 Å². The summed E-state index contributed by atoms with van der Waals surface area (Å²) in [6.07, 6.45) is 0.952. The quantitative estimate of drug-likeness (QED) is 0.752. The Morgan fingerprint density at radius 2 is 2.12 bits per heavy atom. The van der Waals surface area contributed by atoms with Crippen molar-refractivity contribution in [1.82, 2.24) is 0 Å². The highest BCUT2D eigenvalue weighted by Gasteiger charge is 2.31. The Balaban J connectivity index is 2.01. The fourth-order valence-electron chi connectivity index (χ4n) is 2.39. The Morgan fingerprint density at radius 3 is 2.88 bits per heavy atom. The van der Waals surface area contributed by atoms with Gasteiger partial charge in [-0.25, -0.2) is 0 Å². The van der Waals surface area contributed by atoms with Gasteiger partial charge in [0.25, 0.3) is 5.91 Å². The van der Waals surface area contributed by atoms with Crippen molar-refractivity contribution >= 4 is 22.9 Å². The average molecular weight is 243 g/mol. The van der Waals surface area contributed by atoms with Gasteiger partial charge in [-0.3, -0.25) is 4.79 Å². The highest BCUT2D eigenvalue weighted by Crippen LogP contribution is 2.33. The lowest BCUT2D eigenvalue weighted by Crippen LogP contribution is -2.35. The normalized spacial score (nSPS) is 18.2. The van der Waals surface area contributed by atoms with Crippen LogP contribution in [0, 0.1) is 0 Å². The van der Waals surface area contributed by atoms with Crippen LogP contribution in [0.25, 0.3) is 0 Å². The summed E-state index contributed by atoms with van der Waals surface area (Å²) < 4.78 is 0. The molecule has 1 atom stereocenters. The lowest BCUT2D eigenvalue weighted by molar-refractivity contribution is 0.0985. The Labute approximate surface area is 105 Å². The molecule has 2 heterocycles. The smallest absolute Gasteiger partial charge is 0.268 e.